The predicted octanol–water partition coefficient (Wildman–Crippen LogP) is 2.03. The zero-order valence-corrected chi connectivity index (χ0v) is 13.4. The summed E-state index contributed by atoms with van der Waals surface area (Å²) >= 11 is 0. The third kappa shape index (κ3) is 3.10. The highest BCUT2D eigenvalue weighted by atomic mass is 16.2. The first kappa shape index (κ1) is 15.1. The Morgan fingerprint density at radius 1 is 1.12 bits per heavy atom. The lowest BCUT2D eigenvalue weighted by molar-refractivity contribution is 0.0784. The van der Waals surface area contributed by atoms with Gasteiger partial charge in [-0.15, -0.1) is 0 Å². The van der Waals surface area contributed by atoms with Crippen molar-refractivity contribution in [1.29, 1.82) is 0 Å². The molecule has 0 radical (unpaired) electrons. The summed E-state index contributed by atoms with van der Waals surface area (Å²) in [5.41, 5.74) is 7.62. The molecule has 0 spiro atoms. The van der Waals surface area contributed by atoms with Gasteiger partial charge in [-0.05, 0) is 36.8 Å². The molecule has 2 unspecified atom stereocenters. The number of nitrogens with zero attached hydrogens (tertiary/aromatic N) is 3. The van der Waals surface area contributed by atoms with Crippen LogP contribution in [0.4, 0.5) is 11.6 Å². The van der Waals surface area contributed by atoms with Crippen molar-refractivity contribution in [3.63, 3.8) is 0 Å². The number of benzene rings is 1. The highest BCUT2D eigenvalue weighted by Gasteiger charge is 2.42. The summed E-state index contributed by atoms with van der Waals surface area (Å²) in [6.07, 6.45) is 5.67. The SMILES string of the molecule is NC1CN(C(=O)c2cnc(Nc3ccccc3)nc2)CC1C1CC1. The van der Waals surface area contributed by atoms with E-state index in [1.807, 2.05) is 35.2 Å². The maximum Gasteiger partial charge on any atom is 0.257 e. The van der Waals surface area contributed by atoms with E-state index in [1.165, 1.54) is 12.8 Å². The van der Waals surface area contributed by atoms with E-state index in [0.717, 1.165) is 12.2 Å². The van der Waals surface area contributed by atoms with E-state index < -0.39 is 0 Å². The van der Waals surface area contributed by atoms with Crippen molar-refractivity contribution in [2.45, 2.75) is 18.9 Å². The van der Waals surface area contributed by atoms with Crippen molar-refractivity contribution < 1.29 is 4.79 Å². The van der Waals surface area contributed by atoms with Gasteiger partial charge in [-0.3, -0.25) is 4.79 Å². The number of amides is 1. The molecule has 24 heavy (non-hydrogen) atoms. The van der Waals surface area contributed by atoms with Crippen LogP contribution in [0.15, 0.2) is 42.7 Å². The van der Waals surface area contributed by atoms with Gasteiger partial charge in [0, 0.05) is 37.2 Å². The molecule has 2 atom stereocenters. The second kappa shape index (κ2) is 6.20. The van der Waals surface area contributed by atoms with E-state index in [1.54, 1.807) is 12.4 Å². The van der Waals surface area contributed by atoms with Gasteiger partial charge < -0.3 is 16.0 Å². The highest BCUT2D eigenvalue weighted by Crippen LogP contribution is 2.41. The van der Waals surface area contributed by atoms with Crippen molar-refractivity contribution in [3.05, 3.63) is 48.3 Å². The molecule has 6 nitrogen and oxygen atoms in total. The van der Waals surface area contributed by atoms with Gasteiger partial charge in [-0.2, -0.15) is 0 Å². The van der Waals surface area contributed by atoms with E-state index in [-0.39, 0.29) is 11.9 Å². The molecule has 2 heterocycles. The van der Waals surface area contributed by atoms with E-state index in [0.29, 0.717) is 29.9 Å². The van der Waals surface area contributed by atoms with Crippen LogP contribution in [0.25, 0.3) is 0 Å². The Bertz CT molecular complexity index is 714. The molecule has 0 bridgehead atoms. The molecule has 1 aromatic carbocycles. The monoisotopic (exact) mass is 323 g/mol. The Hall–Kier alpha value is -2.47. The van der Waals surface area contributed by atoms with Crippen LogP contribution >= 0.6 is 0 Å². The number of carbonyl (C=O) groups is 1. The molecule has 1 aliphatic carbocycles. The second-order valence-corrected chi connectivity index (χ2v) is 6.66. The van der Waals surface area contributed by atoms with Gasteiger partial charge in [0.25, 0.3) is 5.91 Å². The van der Waals surface area contributed by atoms with Crippen LogP contribution in [-0.2, 0) is 0 Å². The van der Waals surface area contributed by atoms with Crippen LogP contribution in [0.2, 0.25) is 0 Å². The lowest BCUT2D eigenvalue weighted by atomic mass is 9.99. The van der Waals surface area contributed by atoms with Gasteiger partial charge in [-0.1, -0.05) is 18.2 Å². The minimum atomic E-state index is -0.0279. The van der Waals surface area contributed by atoms with Crippen LogP contribution in [0.5, 0.6) is 0 Å². The minimum Gasteiger partial charge on any atom is -0.337 e. The van der Waals surface area contributed by atoms with Crippen molar-refractivity contribution >= 4 is 17.5 Å². The number of nitrogens with one attached hydrogen (secondary N) is 1. The summed E-state index contributed by atoms with van der Waals surface area (Å²) in [7, 11) is 0. The van der Waals surface area contributed by atoms with Gasteiger partial charge >= 0.3 is 0 Å². The molecular formula is C18H21N5O. The van der Waals surface area contributed by atoms with Crippen molar-refractivity contribution in [3.8, 4) is 0 Å². The Morgan fingerprint density at radius 3 is 2.50 bits per heavy atom. The summed E-state index contributed by atoms with van der Waals surface area (Å²) in [5, 5.41) is 3.11. The molecule has 1 amide bonds. The lowest BCUT2D eigenvalue weighted by Crippen LogP contribution is -2.32. The number of nitrogens with two attached hydrogens (primary N) is 1. The fourth-order valence-corrected chi connectivity index (χ4v) is 3.38. The van der Waals surface area contributed by atoms with Crippen LogP contribution < -0.4 is 11.1 Å². The van der Waals surface area contributed by atoms with Gasteiger partial charge in [0.15, 0.2) is 0 Å². The molecule has 1 saturated carbocycles. The predicted molar refractivity (Wildman–Crippen MR) is 91.8 cm³/mol. The lowest BCUT2D eigenvalue weighted by Gasteiger charge is -2.16. The molecule has 2 fully saturated rings. The Balaban J connectivity index is 1.42. The van der Waals surface area contributed by atoms with Crippen molar-refractivity contribution in [1.82, 2.24) is 14.9 Å². The Labute approximate surface area is 141 Å². The van der Waals surface area contributed by atoms with Gasteiger partial charge in [0.1, 0.15) is 0 Å². The number of hydrogen-bond donors (Lipinski definition) is 2. The smallest absolute Gasteiger partial charge is 0.257 e. The van der Waals surface area contributed by atoms with E-state index in [2.05, 4.69) is 15.3 Å². The van der Waals surface area contributed by atoms with Crippen molar-refractivity contribution in [2.24, 2.45) is 17.6 Å². The van der Waals surface area contributed by atoms with E-state index >= 15 is 0 Å². The van der Waals surface area contributed by atoms with Crippen LogP contribution in [0.1, 0.15) is 23.2 Å². The van der Waals surface area contributed by atoms with Gasteiger partial charge in [0.2, 0.25) is 5.95 Å². The molecule has 4 rings (SSSR count). The third-order valence-electron chi connectivity index (χ3n) is 4.86. The average Bonchev–Trinajstić information content (AvgIpc) is 3.38. The van der Waals surface area contributed by atoms with E-state index in [4.69, 9.17) is 5.73 Å². The second-order valence-electron chi connectivity index (χ2n) is 6.66. The Kier molecular flexibility index (Phi) is 3.90. The Morgan fingerprint density at radius 2 is 1.83 bits per heavy atom. The number of carbonyl (C=O) groups excluding carboxylic acids is 1. The number of rotatable bonds is 4. The topological polar surface area (TPSA) is 84.1 Å². The molecule has 2 aromatic rings. The number of hydrogen-bond acceptors (Lipinski definition) is 5. The van der Waals surface area contributed by atoms with Crippen LogP contribution in [-0.4, -0.2) is 39.9 Å². The average molecular weight is 323 g/mol. The molecule has 1 saturated heterocycles. The van der Waals surface area contributed by atoms with E-state index in [9.17, 15) is 4.79 Å². The first-order valence-corrected chi connectivity index (χ1v) is 8.39. The third-order valence-corrected chi connectivity index (χ3v) is 4.86. The summed E-state index contributed by atoms with van der Waals surface area (Å²) in [6, 6.07) is 9.79. The van der Waals surface area contributed by atoms with Crippen LogP contribution in [0, 0.1) is 11.8 Å². The summed E-state index contributed by atoms with van der Waals surface area (Å²) in [6.45, 7) is 1.39. The minimum absolute atomic E-state index is 0.0279. The number of anilines is 2. The molecule has 2 aliphatic rings. The summed E-state index contributed by atoms with van der Waals surface area (Å²) in [4.78, 5) is 23.0. The molecular weight excluding hydrogens is 302 g/mol. The standard InChI is InChI=1S/C18H21N5O/c19-16-11-23(10-15(16)12-6-7-12)17(24)13-8-20-18(21-9-13)22-14-4-2-1-3-5-14/h1-5,8-9,12,15-16H,6-7,10-11,19H2,(H,20,21,22). The summed E-state index contributed by atoms with van der Waals surface area (Å²) < 4.78 is 0. The molecule has 3 N–H and O–H groups in total. The molecule has 1 aliphatic heterocycles. The van der Waals surface area contributed by atoms with Gasteiger partial charge in [-0.25, -0.2) is 9.97 Å². The molecule has 1 aromatic heterocycles. The maximum absolute atomic E-state index is 12.6. The van der Waals surface area contributed by atoms with Crippen LogP contribution in [0.3, 0.4) is 0 Å². The quantitative estimate of drug-likeness (QED) is 0.899. The molecule has 6 heteroatoms. The normalized spacial score (nSPS) is 23.3. The number of likely N-dealkylation sites (tertiary alicyclic amines) is 1. The summed E-state index contributed by atoms with van der Waals surface area (Å²) in [5.74, 6) is 1.62. The zero-order chi connectivity index (χ0) is 16.5. The zero-order valence-electron chi connectivity index (χ0n) is 13.4. The molecule has 124 valence electrons. The maximum atomic E-state index is 12.6. The number of para-hydroxylation sites is 1. The number of aromatic nitrogens is 2. The fraction of sp³-hybridized carbons (Fsp3) is 0.389. The van der Waals surface area contributed by atoms with Crippen molar-refractivity contribution in [2.75, 3.05) is 18.4 Å². The van der Waals surface area contributed by atoms with Gasteiger partial charge in [0.05, 0.1) is 5.56 Å². The largest absolute Gasteiger partial charge is 0.337 e. The fourth-order valence-electron chi connectivity index (χ4n) is 3.38. The first-order valence-electron chi connectivity index (χ1n) is 8.39. The first-order chi connectivity index (χ1) is 11.7. The highest BCUT2D eigenvalue weighted by molar-refractivity contribution is 5.94.